The summed E-state index contributed by atoms with van der Waals surface area (Å²) < 4.78 is 13.5. The van der Waals surface area contributed by atoms with E-state index in [1.807, 2.05) is 0 Å². The van der Waals surface area contributed by atoms with Crippen molar-refractivity contribution < 1.29 is 19.4 Å². The van der Waals surface area contributed by atoms with Gasteiger partial charge in [0.05, 0.1) is 29.1 Å². The number of nitrogens with two attached hydrogens (primary N) is 1. The van der Waals surface area contributed by atoms with Crippen molar-refractivity contribution in [1.29, 1.82) is 0 Å². The second kappa shape index (κ2) is 4.45. The number of benzene rings is 1. The van der Waals surface area contributed by atoms with Crippen LogP contribution < -0.4 is 11.1 Å². The van der Waals surface area contributed by atoms with Gasteiger partial charge in [0.15, 0.2) is 0 Å². The summed E-state index contributed by atoms with van der Waals surface area (Å²) in [6, 6.07) is 2.15. The highest BCUT2D eigenvalue weighted by Gasteiger charge is 2.36. The molecule has 0 heterocycles. The molecule has 0 aromatic heterocycles. The van der Waals surface area contributed by atoms with Crippen molar-refractivity contribution in [2.45, 2.75) is 24.8 Å². The molecule has 1 aromatic carbocycles. The Hall–Kier alpha value is -1.82. The van der Waals surface area contributed by atoms with Crippen LogP contribution in [0.1, 0.15) is 29.6 Å². The first-order valence-electron chi connectivity index (χ1n) is 5.69. The topological polar surface area (TPSA) is 95.6 Å². The highest BCUT2D eigenvalue weighted by atomic mass is 19.1. The minimum Gasteiger partial charge on any atom is -0.478 e. The third-order valence-corrected chi connectivity index (χ3v) is 3.38. The second-order valence-corrected chi connectivity index (χ2v) is 4.64. The summed E-state index contributed by atoms with van der Waals surface area (Å²) in [6.45, 7) is -0.0608. The van der Waals surface area contributed by atoms with Crippen molar-refractivity contribution in [3.05, 3.63) is 23.5 Å². The van der Waals surface area contributed by atoms with Crippen molar-refractivity contribution in [1.82, 2.24) is 0 Å². The van der Waals surface area contributed by atoms with Gasteiger partial charge in [-0.05, 0) is 31.4 Å². The molecular weight excluding hydrogens is 239 g/mol. The molecule has 0 spiro atoms. The standard InChI is InChI=1S/C12H15FN2O3/c13-8-5-10(9(14)4-7(8)11(17)18)15-12(6-16)2-1-3-12/h4-5,15-16H,1-3,6,14H2,(H,17,18). The number of hydrogen-bond donors (Lipinski definition) is 4. The summed E-state index contributed by atoms with van der Waals surface area (Å²) in [6.07, 6.45) is 2.56. The van der Waals surface area contributed by atoms with Crippen molar-refractivity contribution in [3.63, 3.8) is 0 Å². The van der Waals surface area contributed by atoms with Crippen molar-refractivity contribution in [2.75, 3.05) is 17.7 Å². The number of aliphatic hydroxyl groups excluding tert-OH is 1. The Balaban J connectivity index is 2.29. The van der Waals surface area contributed by atoms with E-state index in [2.05, 4.69) is 5.32 Å². The molecule has 0 bridgehead atoms. The fourth-order valence-corrected chi connectivity index (χ4v) is 2.07. The molecule has 6 heteroatoms. The fourth-order valence-electron chi connectivity index (χ4n) is 2.07. The highest BCUT2D eigenvalue weighted by Crippen LogP contribution is 2.37. The van der Waals surface area contributed by atoms with Crippen LogP contribution in [-0.4, -0.2) is 28.3 Å². The predicted octanol–water partition coefficient (Wildman–Crippen LogP) is 1.43. The van der Waals surface area contributed by atoms with Gasteiger partial charge in [0.1, 0.15) is 5.82 Å². The number of anilines is 2. The smallest absolute Gasteiger partial charge is 0.338 e. The molecule has 1 aliphatic carbocycles. The molecule has 98 valence electrons. The lowest BCUT2D eigenvalue weighted by Crippen LogP contribution is -2.48. The van der Waals surface area contributed by atoms with Crippen LogP contribution in [-0.2, 0) is 0 Å². The van der Waals surface area contributed by atoms with Crippen LogP contribution in [0, 0.1) is 5.82 Å². The lowest BCUT2D eigenvalue weighted by atomic mass is 9.77. The molecule has 18 heavy (non-hydrogen) atoms. The fraction of sp³-hybridized carbons (Fsp3) is 0.417. The van der Waals surface area contributed by atoms with E-state index in [0.717, 1.165) is 31.4 Å². The van der Waals surface area contributed by atoms with Gasteiger partial charge in [0, 0.05) is 0 Å². The number of aromatic carboxylic acids is 1. The Kier molecular flexibility index (Phi) is 3.13. The first kappa shape index (κ1) is 12.6. The Labute approximate surface area is 103 Å². The number of carboxylic acids is 1. The number of hydrogen-bond acceptors (Lipinski definition) is 4. The van der Waals surface area contributed by atoms with E-state index in [-0.39, 0.29) is 12.3 Å². The van der Waals surface area contributed by atoms with Gasteiger partial charge in [-0.25, -0.2) is 9.18 Å². The van der Waals surface area contributed by atoms with E-state index in [1.54, 1.807) is 0 Å². The molecule has 0 amide bonds. The molecule has 1 aromatic rings. The number of nitrogen functional groups attached to an aromatic ring is 1. The maximum absolute atomic E-state index is 13.5. The quantitative estimate of drug-likeness (QED) is 0.610. The number of rotatable bonds is 4. The molecule has 0 saturated heterocycles. The molecule has 5 nitrogen and oxygen atoms in total. The Morgan fingerprint density at radius 1 is 1.50 bits per heavy atom. The monoisotopic (exact) mass is 254 g/mol. The number of carbonyl (C=O) groups is 1. The van der Waals surface area contributed by atoms with Crippen LogP contribution in [0.2, 0.25) is 0 Å². The van der Waals surface area contributed by atoms with Gasteiger partial charge in [0.2, 0.25) is 0 Å². The largest absolute Gasteiger partial charge is 0.478 e. The molecule has 0 unspecified atom stereocenters. The summed E-state index contributed by atoms with van der Waals surface area (Å²) in [5.74, 6) is -2.20. The maximum Gasteiger partial charge on any atom is 0.338 e. The van der Waals surface area contributed by atoms with Gasteiger partial charge >= 0.3 is 5.97 Å². The molecule has 2 rings (SSSR count). The Morgan fingerprint density at radius 3 is 2.61 bits per heavy atom. The first-order chi connectivity index (χ1) is 8.47. The van der Waals surface area contributed by atoms with E-state index in [9.17, 15) is 14.3 Å². The summed E-state index contributed by atoms with van der Waals surface area (Å²) >= 11 is 0. The third-order valence-electron chi connectivity index (χ3n) is 3.38. The van der Waals surface area contributed by atoms with E-state index >= 15 is 0 Å². The molecule has 5 N–H and O–H groups in total. The molecular formula is C12H15FN2O3. The van der Waals surface area contributed by atoms with Gasteiger partial charge in [-0.3, -0.25) is 0 Å². The van der Waals surface area contributed by atoms with E-state index in [4.69, 9.17) is 10.8 Å². The lowest BCUT2D eigenvalue weighted by molar-refractivity contribution is 0.0692. The summed E-state index contributed by atoms with van der Waals surface area (Å²) in [5.41, 5.74) is 5.27. The average molecular weight is 254 g/mol. The van der Waals surface area contributed by atoms with E-state index < -0.39 is 22.9 Å². The van der Waals surface area contributed by atoms with Gasteiger partial charge in [-0.1, -0.05) is 0 Å². The number of aliphatic hydroxyl groups is 1. The van der Waals surface area contributed by atoms with E-state index in [0.29, 0.717) is 5.69 Å². The summed E-state index contributed by atoms with van der Waals surface area (Å²) in [5, 5.41) is 21.1. The summed E-state index contributed by atoms with van der Waals surface area (Å²) in [4.78, 5) is 10.7. The number of nitrogens with one attached hydrogen (secondary N) is 1. The molecule has 1 fully saturated rings. The van der Waals surface area contributed by atoms with Crippen LogP contribution in [0.25, 0.3) is 0 Å². The molecule has 1 saturated carbocycles. The lowest BCUT2D eigenvalue weighted by Gasteiger charge is -2.42. The van der Waals surface area contributed by atoms with Crippen molar-refractivity contribution in [2.24, 2.45) is 0 Å². The van der Waals surface area contributed by atoms with Gasteiger partial charge < -0.3 is 21.3 Å². The van der Waals surface area contributed by atoms with Gasteiger partial charge in [-0.2, -0.15) is 0 Å². The molecule has 0 radical (unpaired) electrons. The minimum absolute atomic E-state index is 0.0608. The average Bonchev–Trinajstić information content (AvgIpc) is 2.27. The van der Waals surface area contributed by atoms with Crippen LogP contribution in [0.4, 0.5) is 15.8 Å². The SMILES string of the molecule is Nc1cc(C(=O)O)c(F)cc1NC1(CO)CCC1. The van der Waals surface area contributed by atoms with Crippen molar-refractivity contribution >= 4 is 17.3 Å². The first-order valence-corrected chi connectivity index (χ1v) is 5.69. The normalized spacial score (nSPS) is 17.0. The maximum atomic E-state index is 13.5. The molecule has 0 aliphatic heterocycles. The number of halogens is 1. The predicted molar refractivity (Wildman–Crippen MR) is 65.1 cm³/mol. The zero-order chi connectivity index (χ0) is 13.3. The van der Waals surface area contributed by atoms with Crippen LogP contribution in [0.3, 0.4) is 0 Å². The summed E-state index contributed by atoms with van der Waals surface area (Å²) in [7, 11) is 0. The zero-order valence-electron chi connectivity index (χ0n) is 9.74. The van der Waals surface area contributed by atoms with Gasteiger partial charge in [-0.15, -0.1) is 0 Å². The zero-order valence-corrected chi connectivity index (χ0v) is 9.74. The van der Waals surface area contributed by atoms with E-state index in [1.165, 1.54) is 0 Å². The van der Waals surface area contributed by atoms with Crippen LogP contribution >= 0.6 is 0 Å². The van der Waals surface area contributed by atoms with Crippen LogP contribution in [0.5, 0.6) is 0 Å². The molecule has 1 aliphatic rings. The Morgan fingerprint density at radius 2 is 2.17 bits per heavy atom. The minimum atomic E-state index is -1.36. The highest BCUT2D eigenvalue weighted by molar-refractivity contribution is 5.90. The van der Waals surface area contributed by atoms with Gasteiger partial charge in [0.25, 0.3) is 0 Å². The third kappa shape index (κ3) is 2.11. The molecule has 0 atom stereocenters. The second-order valence-electron chi connectivity index (χ2n) is 4.64. The Bertz CT molecular complexity index is 481. The van der Waals surface area contributed by atoms with Crippen molar-refractivity contribution in [3.8, 4) is 0 Å². The number of carboxylic acid groups (broad SMARTS) is 1. The van der Waals surface area contributed by atoms with Crippen LogP contribution in [0.15, 0.2) is 12.1 Å².